The zero-order valence-corrected chi connectivity index (χ0v) is 22.3. The predicted octanol–water partition coefficient (Wildman–Crippen LogP) is 7.08. The zero-order valence-electron chi connectivity index (χ0n) is 21.3. The molecule has 0 unspecified atom stereocenters. The molecule has 199 valence electrons. The molecule has 0 aliphatic carbocycles. The van der Waals surface area contributed by atoms with Gasteiger partial charge in [0.25, 0.3) is 0 Å². The van der Waals surface area contributed by atoms with Gasteiger partial charge in [-0.3, -0.25) is 0 Å². The molecule has 41 heavy (non-hydrogen) atoms. The third-order valence-electron chi connectivity index (χ3n) is 7.59. The Morgan fingerprint density at radius 2 is 0.902 bits per heavy atom. The van der Waals surface area contributed by atoms with E-state index >= 15 is 0 Å². The van der Waals surface area contributed by atoms with Crippen LogP contribution in [0.4, 0.5) is 0 Å². The van der Waals surface area contributed by atoms with Crippen LogP contribution in [0.25, 0.3) is 89.0 Å². The van der Waals surface area contributed by atoms with Crippen LogP contribution in [0.15, 0.2) is 97.1 Å². The van der Waals surface area contributed by atoms with Crippen LogP contribution in [-0.2, 0) is 17.1 Å². The number of benzene rings is 4. The fraction of sp³-hybridized carbons (Fsp3) is 0. The van der Waals surface area contributed by atoms with Crippen LogP contribution in [0.3, 0.4) is 0 Å². The number of hydrogen-bond acceptors (Lipinski definition) is 2. The van der Waals surface area contributed by atoms with Crippen LogP contribution in [0, 0.1) is 0 Å². The van der Waals surface area contributed by atoms with Gasteiger partial charge in [-0.05, 0) is 27.1 Å². The average Bonchev–Trinajstić information content (AvgIpc) is 3.73. The van der Waals surface area contributed by atoms with Gasteiger partial charge in [0.15, 0.2) is 0 Å². The van der Waals surface area contributed by atoms with Crippen LogP contribution >= 0.6 is 0 Å². The van der Waals surface area contributed by atoms with Gasteiger partial charge in [0.2, 0.25) is 0 Å². The van der Waals surface area contributed by atoms with Crippen LogP contribution in [0.5, 0.6) is 0 Å². The molecule has 1 aliphatic heterocycles. The van der Waals surface area contributed by atoms with Gasteiger partial charge in [-0.15, -0.1) is 0 Å². The van der Waals surface area contributed by atoms with Crippen molar-refractivity contribution in [1.82, 2.24) is 39.9 Å². The minimum atomic E-state index is 0. The van der Waals surface area contributed by atoms with Crippen molar-refractivity contribution in [2.24, 2.45) is 0 Å². The summed E-state index contributed by atoms with van der Waals surface area (Å²) >= 11 is 0. The summed E-state index contributed by atoms with van der Waals surface area (Å²) in [5.74, 6) is 1.24. The maximum Gasteiger partial charge on any atom is 2.00 e. The summed E-state index contributed by atoms with van der Waals surface area (Å²) in [5.41, 5.74) is 6.49. The SMILES string of the molecule is [Cu+2].c1ccc2c(c1)-c1nc-2[n-]c2[nH]c([nH]c3[n-]c([nH]c4[nH]c(n1)c1ccccc41)c1ccccc31)c1ccccc21. The minimum absolute atomic E-state index is 0. The molecule has 5 heterocycles. The molecule has 1 aliphatic rings. The molecule has 0 spiro atoms. The standard InChI is InChI=1S/C32H20N8.Cu/c1-2-10-18-17(9-1)25-33-26(18)38-28-21-13-5-6-14-22(21)30(35-28)40-32-24-16-8-7-15-23(24)31(36-32)39-29-20-12-4-3-11-19(20)27(34-29)37-25;/h1-16,33,36-37,39H;/q-2;+2. The molecular weight excluding hydrogens is 560 g/mol. The third kappa shape index (κ3) is 3.53. The van der Waals surface area contributed by atoms with E-state index in [0.29, 0.717) is 11.6 Å². The summed E-state index contributed by atoms with van der Waals surface area (Å²) in [7, 11) is 0. The van der Waals surface area contributed by atoms with E-state index in [2.05, 4.69) is 56.3 Å². The van der Waals surface area contributed by atoms with Gasteiger partial charge in [-0.2, -0.15) is 0 Å². The fourth-order valence-electron chi connectivity index (χ4n) is 5.73. The Morgan fingerprint density at radius 3 is 1.56 bits per heavy atom. The summed E-state index contributed by atoms with van der Waals surface area (Å²) < 4.78 is 0. The molecule has 0 atom stereocenters. The van der Waals surface area contributed by atoms with Crippen molar-refractivity contribution in [2.75, 3.05) is 0 Å². The summed E-state index contributed by atoms with van der Waals surface area (Å²) in [6.45, 7) is 0. The Bertz CT molecular complexity index is 2290. The Hall–Kier alpha value is -5.24. The molecule has 0 saturated heterocycles. The van der Waals surface area contributed by atoms with Gasteiger partial charge >= 0.3 is 17.1 Å². The molecule has 8 bridgehead atoms. The zero-order chi connectivity index (χ0) is 26.2. The van der Waals surface area contributed by atoms with E-state index in [1.807, 2.05) is 60.7 Å². The second kappa shape index (κ2) is 8.89. The first-order valence-corrected chi connectivity index (χ1v) is 13.1. The number of aromatic amines is 4. The van der Waals surface area contributed by atoms with Crippen molar-refractivity contribution in [2.45, 2.75) is 0 Å². The Balaban J connectivity index is 0.00000256. The van der Waals surface area contributed by atoms with Crippen molar-refractivity contribution in [1.29, 1.82) is 0 Å². The van der Waals surface area contributed by atoms with Crippen LogP contribution in [-0.4, -0.2) is 29.9 Å². The molecule has 4 N–H and O–H groups in total. The summed E-state index contributed by atoms with van der Waals surface area (Å²) in [6, 6.07) is 32.7. The number of fused-ring (bicyclic) bond motifs is 20. The third-order valence-corrected chi connectivity index (χ3v) is 7.59. The number of nitrogens with zero attached hydrogens (tertiary/aromatic N) is 4. The fourth-order valence-corrected chi connectivity index (χ4v) is 5.73. The molecule has 8 nitrogen and oxygen atoms in total. The van der Waals surface area contributed by atoms with Gasteiger partial charge in [-0.25, -0.2) is 4.98 Å². The minimum Gasteiger partial charge on any atom is -0.411 e. The first-order valence-electron chi connectivity index (χ1n) is 13.1. The number of hydrogen-bond donors (Lipinski definition) is 4. The van der Waals surface area contributed by atoms with Crippen molar-refractivity contribution in [3.63, 3.8) is 0 Å². The van der Waals surface area contributed by atoms with Gasteiger partial charge in [0.1, 0.15) is 5.65 Å². The molecule has 4 aromatic carbocycles. The number of aromatic nitrogens is 8. The maximum atomic E-state index is 5.04. The average molecular weight is 580 g/mol. The second-order valence-corrected chi connectivity index (χ2v) is 9.92. The van der Waals surface area contributed by atoms with Gasteiger partial charge in [-0.1, -0.05) is 97.1 Å². The number of nitrogens with one attached hydrogen (secondary N) is 4. The molecule has 1 radical (unpaired) electrons. The first-order chi connectivity index (χ1) is 19.8. The van der Waals surface area contributed by atoms with Gasteiger partial charge < -0.3 is 34.9 Å². The quantitative estimate of drug-likeness (QED) is 0.144. The summed E-state index contributed by atoms with van der Waals surface area (Å²) in [4.78, 5) is 34.2. The monoisotopic (exact) mass is 579 g/mol. The molecule has 0 saturated carbocycles. The van der Waals surface area contributed by atoms with E-state index in [4.69, 9.17) is 19.9 Å². The Labute approximate surface area is 242 Å². The number of H-pyrrole nitrogens is 4. The molecule has 0 amide bonds. The smallest absolute Gasteiger partial charge is 0.411 e. The first kappa shape index (κ1) is 23.6. The van der Waals surface area contributed by atoms with E-state index in [0.717, 1.165) is 77.3 Å². The largest absolute Gasteiger partial charge is 2.00 e. The van der Waals surface area contributed by atoms with Crippen LogP contribution in [0.2, 0.25) is 0 Å². The molecular formula is C32H20CuN8. The second-order valence-electron chi connectivity index (χ2n) is 9.92. The van der Waals surface area contributed by atoms with Crippen molar-refractivity contribution >= 4 is 66.2 Å². The van der Waals surface area contributed by atoms with Crippen molar-refractivity contribution in [3.8, 4) is 22.8 Å². The van der Waals surface area contributed by atoms with Crippen molar-refractivity contribution in [3.05, 3.63) is 97.1 Å². The van der Waals surface area contributed by atoms with E-state index in [1.165, 1.54) is 0 Å². The summed E-state index contributed by atoms with van der Waals surface area (Å²) in [5, 5.41) is 6.06. The molecule has 4 aromatic heterocycles. The maximum absolute atomic E-state index is 5.04. The van der Waals surface area contributed by atoms with E-state index in [1.54, 1.807) is 0 Å². The Morgan fingerprint density at radius 1 is 0.439 bits per heavy atom. The topological polar surface area (TPSA) is 117 Å². The molecule has 9 heteroatoms. The Kier molecular flexibility index (Phi) is 5.12. The normalized spacial score (nSPS) is 11.7. The molecule has 8 aromatic rings. The number of rotatable bonds is 0. The molecule has 9 rings (SSSR count). The predicted molar refractivity (Wildman–Crippen MR) is 160 cm³/mol. The van der Waals surface area contributed by atoms with Crippen LogP contribution in [0.1, 0.15) is 0 Å². The summed E-state index contributed by atoms with van der Waals surface area (Å²) in [6.07, 6.45) is 0. The van der Waals surface area contributed by atoms with Crippen LogP contribution < -0.4 is 9.97 Å². The van der Waals surface area contributed by atoms with E-state index in [9.17, 15) is 0 Å². The molecule has 0 fully saturated rings. The van der Waals surface area contributed by atoms with E-state index in [-0.39, 0.29) is 17.1 Å². The van der Waals surface area contributed by atoms with Gasteiger partial charge in [0, 0.05) is 44.7 Å². The van der Waals surface area contributed by atoms with Crippen molar-refractivity contribution < 1.29 is 17.1 Å². The van der Waals surface area contributed by atoms with Gasteiger partial charge in [0.05, 0.1) is 11.5 Å². The van der Waals surface area contributed by atoms with E-state index < -0.39 is 0 Å².